The van der Waals surface area contributed by atoms with Crippen molar-refractivity contribution in [1.29, 1.82) is 0 Å². The fourth-order valence-corrected chi connectivity index (χ4v) is 10.5. The van der Waals surface area contributed by atoms with Crippen LogP contribution < -0.4 is 14.5 Å². The summed E-state index contributed by atoms with van der Waals surface area (Å²) in [5.74, 6) is -0.993. The first-order chi connectivity index (χ1) is 23.7. The van der Waals surface area contributed by atoms with E-state index < -0.39 is 28.7 Å². The molecule has 1 spiro atoms. The average molecular weight is 682 g/mol. The van der Waals surface area contributed by atoms with E-state index in [0.717, 1.165) is 22.9 Å². The van der Waals surface area contributed by atoms with Gasteiger partial charge >= 0.3 is 0 Å². The quantitative estimate of drug-likeness (QED) is 0.196. The first-order valence-corrected chi connectivity index (χ1v) is 18.2. The van der Waals surface area contributed by atoms with Crippen LogP contribution in [0.25, 0.3) is 10.8 Å². The van der Waals surface area contributed by atoms with Crippen LogP contribution in [0.15, 0.2) is 92.0 Å². The lowest BCUT2D eigenvalue weighted by molar-refractivity contribution is -0.142. The molecule has 3 fully saturated rings. The number of ether oxygens (including phenoxy) is 1. The lowest BCUT2D eigenvalue weighted by Crippen LogP contribution is -2.58. The normalized spacial score (nSPS) is 24.6. The number of hydrogen-bond acceptors (Lipinski definition) is 6. The molecule has 49 heavy (non-hydrogen) atoms. The molecule has 8 nitrogen and oxygen atoms in total. The summed E-state index contributed by atoms with van der Waals surface area (Å²) in [4.78, 5) is 49.9. The standard InChI is InChI=1S/C40H47N3O5S/c1-6-21-41(29-15-17-32(18-16-29)48-8-3)37(45)34-33-19-20-40(49-33)35(34)38(46)43(31(25-44)23-26(4)5)36(40)39(47)42(22-7-2)30-14-13-27-11-9-10-12-28(27)24-30/h6-7,9-18,24,26,31,33-36,44H,1-2,8,19-23,25H2,3-5H3/t31-,33+,34-,35+,36?,40?/m1/s1. The van der Waals surface area contributed by atoms with E-state index in [-0.39, 0.29) is 48.6 Å². The fraction of sp³-hybridized carbons (Fsp3) is 0.425. The third-order valence-electron chi connectivity index (χ3n) is 10.3. The molecule has 3 aliphatic heterocycles. The van der Waals surface area contributed by atoms with Crippen LogP contribution in [0.2, 0.25) is 0 Å². The van der Waals surface area contributed by atoms with Crippen LogP contribution in [-0.2, 0) is 14.4 Å². The van der Waals surface area contributed by atoms with Gasteiger partial charge in [0.05, 0.1) is 35.8 Å². The average Bonchev–Trinajstić information content (AvgIpc) is 3.75. The van der Waals surface area contributed by atoms with Gasteiger partial charge < -0.3 is 24.5 Å². The van der Waals surface area contributed by atoms with Crippen molar-refractivity contribution in [2.24, 2.45) is 17.8 Å². The van der Waals surface area contributed by atoms with Gasteiger partial charge in [0.15, 0.2) is 0 Å². The Balaban J connectivity index is 1.42. The van der Waals surface area contributed by atoms with E-state index in [4.69, 9.17) is 4.74 Å². The molecule has 3 saturated heterocycles. The van der Waals surface area contributed by atoms with Crippen molar-refractivity contribution in [3.8, 4) is 5.75 Å². The van der Waals surface area contributed by atoms with E-state index in [0.29, 0.717) is 30.9 Å². The van der Waals surface area contributed by atoms with Crippen LogP contribution in [0, 0.1) is 17.8 Å². The van der Waals surface area contributed by atoms with Crippen molar-refractivity contribution in [3.63, 3.8) is 0 Å². The summed E-state index contributed by atoms with van der Waals surface area (Å²) in [6.45, 7) is 14.7. The number of carbonyl (C=O) groups is 3. The second-order valence-electron chi connectivity index (χ2n) is 13.7. The molecule has 0 saturated carbocycles. The highest BCUT2D eigenvalue weighted by atomic mass is 32.2. The smallest absolute Gasteiger partial charge is 0.251 e. The van der Waals surface area contributed by atoms with E-state index in [1.165, 1.54) is 0 Å². The highest BCUT2D eigenvalue weighted by Gasteiger charge is 2.74. The minimum absolute atomic E-state index is 0.111. The summed E-state index contributed by atoms with van der Waals surface area (Å²) in [6, 6.07) is 19.9. The Morgan fingerprint density at radius 1 is 1.00 bits per heavy atom. The lowest BCUT2D eigenvalue weighted by Gasteiger charge is -2.40. The fourth-order valence-electron chi connectivity index (χ4n) is 8.33. The molecular formula is C40H47N3O5S. The summed E-state index contributed by atoms with van der Waals surface area (Å²) in [6.07, 6.45) is 5.30. The van der Waals surface area contributed by atoms with Gasteiger partial charge in [-0.3, -0.25) is 14.4 Å². The summed E-state index contributed by atoms with van der Waals surface area (Å²) in [7, 11) is 0. The van der Waals surface area contributed by atoms with Gasteiger partial charge in [0.1, 0.15) is 11.8 Å². The van der Waals surface area contributed by atoms with Crippen LogP contribution in [-0.4, -0.2) is 76.1 Å². The van der Waals surface area contributed by atoms with Crippen LogP contribution >= 0.6 is 11.8 Å². The van der Waals surface area contributed by atoms with Crippen molar-refractivity contribution < 1.29 is 24.2 Å². The molecule has 6 rings (SSSR count). The van der Waals surface area contributed by atoms with Crippen molar-refractivity contribution in [1.82, 2.24) is 4.90 Å². The predicted octanol–water partition coefficient (Wildman–Crippen LogP) is 6.47. The number of aliphatic hydroxyl groups excluding tert-OH is 1. The van der Waals surface area contributed by atoms with Crippen molar-refractivity contribution in [2.45, 2.75) is 62.1 Å². The van der Waals surface area contributed by atoms with Crippen LogP contribution in [0.4, 0.5) is 11.4 Å². The largest absolute Gasteiger partial charge is 0.494 e. The number of nitrogens with zero attached hydrogens (tertiary/aromatic N) is 3. The summed E-state index contributed by atoms with van der Waals surface area (Å²) >= 11 is 1.64. The van der Waals surface area contributed by atoms with Gasteiger partial charge in [-0.25, -0.2) is 0 Å². The molecule has 258 valence electrons. The van der Waals surface area contributed by atoms with Crippen molar-refractivity contribution >= 4 is 51.6 Å². The highest BCUT2D eigenvalue weighted by Crippen LogP contribution is 2.67. The Kier molecular flexibility index (Phi) is 10.2. The van der Waals surface area contributed by atoms with Gasteiger partial charge in [0.2, 0.25) is 11.8 Å². The third kappa shape index (κ3) is 6.16. The Bertz CT molecular complexity index is 1730. The topological polar surface area (TPSA) is 90.4 Å². The molecule has 3 heterocycles. The Labute approximate surface area is 293 Å². The molecule has 9 heteroatoms. The van der Waals surface area contributed by atoms with Crippen molar-refractivity contribution in [3.05, 3.63) is 92.0 Å². The zero-order valence-corrected chi connectivity index (χ0v) is 29.5. The van der Waals surface area contributed by atoms with E-state index in [1.807, 2.05) is 73.7 Å². The van der Waals surface area contributed by atoms with E-state index >= 15 is 4.79 Å². The maximum Gasteiger partial charge on any atom is 0.251 e. The highest BCUT2D eigenvalue weighted by molar-refractivity contribution is 8.02. The Hall–Kier alpha value is -4.08. The molecule has 2 bridgehead atoms. The SMILES string of the molecule is C=CCN(C(=O)C1N([C@@H](CO)CC(C)C)C(=O)[C@@H]2[C@H](C(=O)N(CC=C)c3ccc(OCC)cc3)[C@@H]3CCC12S3)c1ccc2ccccc2c1. The summed E-state index contributed by atoms with van der Waals surface area (Å²) < 4.78 is 4.82. The maximum atomic E-state index is 15.1. The first kappa shape index (κ1) is 34.8. The van der Waals surface area contributed by atoms with Gasteiger partial charge in [-0.05, 0) is 79.3 Å². The van der Waals surface area contributed by atoms with Crippen molar-refractivity contribution in [2.75, 3.05) is 36.1 Å². The number of carbonyl (C=O) groups excluding carboxylic acids is 3. The number of thioether (sulfide) groups is 1. The second-order valence-corrected chi connectivity index (χ2v) is 15.3. The number of hydrogen-bond donors (Lipinski definition) is 1. The number of aliphatic hydroxyl groups is 1. The molecule has 3 amide bonds. The predicted molar refractivity (Wildman–Crippen MR) is 198 cm³/mol. The molecule has 3 aliphatic rings. The van der Waals surface area contributed by atoms with Crippen LogP contribution in [0.3, 0.4) is 0 Å². The molecule has 3 aromatic carbocycles. The van der Waals surface area contributed by atoms with E-state index in [9.17, 15) is 14.7 Å². The minimum atomic E-state index is -0.849. The zero-order valence-electron chi connectivity index (χ0n) is 28.7. The molecule has 6 atom stereocenters. The molecule has 3 aromatic rings. The monoisotopic (exact) mass is 681 g/mol. The van der Waals surface area contributed by atoms with E-state index in [2.05, 4.69) is 27.0 Å². The Morgan fingerprint density at radius 2 is 1.65 bits per heavy atom. The Morgan fingerprint density at radius 3 is 2.29 bits per heavy atom. The molecule has 0 aliphatic carbocycles. The number of rotatable bonds is 14. The van der Waals surface area contributed by atoms with Gasteiger partial charge in [-0.15, -0.1) is 24.9 Å². The van der Waals surface area contributed by atoms with Crippen LogP contribution in [0.1, 0.15) is 40.0 Å². The lowest BCUT2D eigenvalue weighted by atomic mass is 9.70. The van der Waals surface area contributed by atoms with Gasteiger partial charge in [-0.1, -0.05) is 56.3 Å². The molecule has 0 aromatic heterocycles. The minimum Gasteiger partial charge on any atom is -0.494 e. The second kappa shape index (κ2) is 14.4. The number of fused-ring (bicyclic) bond motifs is 2. The molecule has 0 radical (unpaired) electrons. The summed E-state index contributed by atoms with van der Waals surface area (Å²) in [5, 5.41) is 12.7. The van der Waals surface area contributed by atoms with Gasteiger partial charge in [0.25, 0.3) is 5.91 Å². The zero-order chi connectivity index (χ0) is 34.9. The maximum absolute atomic E-state index is 15.1. The molecule has 1 N–H and O–H groups in total. The molecular weight excluding hydrogens is 635 g/mol. The third-order valence-corrected chi connectivity index (χ3v) is 12.2. The number of amides is 3. The summed E-state index contributed by atoms with van der Waals surface area (Å²) in [5.41, 5.74) is 1.42. The molecule has 2 unspecified atom stereocenters. The van der Waals surface area contributed by atoms with Gasteiger partial charge in [0, 0.05) is 29.7 Å². The van der Waals surface area contributed by atoms with Gasteiger partial charge in [-0.2, -0.15) is 0 Å². The van der Waals surface area contributed by atoms with E-state index in [1.54, 1.807) is 38.6 Å². The van der Waals surface area contributed by atoms with Crippen LogP contribution in [0.5, 0.6) is 5.75 Å². The first-order valence-electron chi connectivity index (χ1n) is 17.4. The number of benzene rings is 3. The number of anilines is 2. The number of likely N-dealkylation sites (tertiary alicyclic amines) is 1.